The van der Waals surface area contributed by atoms with E-state index in [4.69, 9.17) is 5.73 Å². The molecule has 0 heterocycles. The van der Waals surface area contributed by atoms with E-state index in [9.17, 15) is 9.90 Å². The van der Waals surface area contributed by atoms with Crippen LogP contribution in [0.2, 0.25) is 0 Å². The molecule has 2 N–H and O–H groups in total. The predicted octanol–water partition coefficient (Wildman–Crippen LogP) is 1.56. The Balaban J connectivity index is 2.50. The molecule has 0 amide bonds. The third-order valence-electron chi connectivity index (χ3n) is 2.60. The molecule has 0 spiro atoms. The number of para-hydroxylation sites is 1. The van der Waals surface area contributed by atoms with Gasteiger partial charge in [-0.1, -0.05) is 48.5 Å². The van der Waals surface area contributed by atoms with Crippen molar-refractivity contribution in [2.24, 2.45) is 0 Å². The lowest BCUT2D eigenvalue weighted by Gasteiger charge is -2.10. The van der Waals surface area contributed by atoms with E-state index in [0.29, 0.717) is 16.8 Å². The molecule has 18 heavy (non-hydrogen) atoms. The summed E-state index contributed by atoms with van der Waals surface area (Å²) < 4.78 is 0. The van der Waals surface area contributed by atoms with Crippen LogP contribution in [0, 0.1) is 0 Å². The Morgan fingerprint density at radius 3 is 2.22 bits per heavy atom. The molecule has 0 aliphatic rings. The second-order valence-electron chi connectivity index (χ2n) is 3.84. The Morgan fingerprint density at radius 2 is 1.61 bits per heavy atom. The highest BCUT2D eigenvalue weighted by atomic mass is 16.4. The highest BCUT2D eigenvalue weighted by molar-refractivity contribution is 6.19. The quantitative estimate of drug-likeness (QED) is 0.501. The van der Waals surface area contributed by atoms with E-state index in [0.717, 1.165) is 0 Å². The number of hydrogen-bond acceptors (Lipinski definition) is 3. The zero-order valence-electron chi connectivity index (χ0n) is 9.67. The Labute approximate surface area is 105 Å². The fraction of sp³-hybridized carbons (Fsp3) is 0. The molecule has 0 bridgehead atoms. The number of carboxylic acids is 1. The molecule has 2 aromatic rings. The molecule has 0 aliphatic heterocycles. The fourth-order valence-electron chi connectivity index (χ4n) is 1.68. The average molecular weight is 238 g/mol. The van der Waals surface area contributed by atoms with Crippen molar-refractivity contribution in [2.45, 2.75) is 0 Å². The van der Waals surface area contributed by atoms with Gasteiger partial charge in [0.15, 0.2) is 0 Å². The zero-order chi connectivity index (χ0) is 13.0. The predicted molar refractivity (Wildman–Crippen MR) is 70.2 cm³/mol. The van der Waals surface area contributed by atoms with Crippen LogP contribution < -0.4 is 10.8 Å². The van der Waals surface area contributed by atoms with E-state index >= 15 is 0 Å². The fourth-order valence-corrected chi connectivity index (χ4v) is 1.68. The van der Waals surface area contributed by atoms with Crippen molar-refractivity contribution in [2.75, 3.05) is 5.73 Å². The van der Waals surface area contributed by atoms with Crippen molar-refractivity contribution >= 4 is 23.3 Å². The first-order valence-electron chi connectivity index (χ1n) is 5.51. The number of anilines is 1. The van der Waals surface area contributed by atoms with Gasteiger partial charge >= 0.3 is 0 Å². The Bertz CT molecular complexity index is 588. The van der Waals surface area contributed by atoms with Gasteiger partial charge in [0, 0.05) is 11.3 Å². The summed E-state index contributed by atoms with van der Waals surface area (Å²) in [6.45, 7) is 0. The van der Waals surface area contributed by atoms with Crippen molar-refractivity contribution < 1.29 is 9.90 Å². The van der Waals surface area contributed by atoms with Gasteiger partial charge in [0.05, 0.1) is 5.97 Å². The maximum atomic E-state index is 11.2. The molecular weight excluding hydrogens is 226 g/mol. The summed E-state index contributed by atoms with van der Waals surface area (Å²) in [5.74, 6) is -1.22. The van der Waals surface area contributed by atoms with Gasteiger partial charge in [0.25, 0.3) is 0 Å². The molecule has 0 saturated carbocycles. The molecule has 2 aromatic carbocycles. The van der Waals surface area contributed by atoms with Crippen LogP contribution in [0.5, 0.6) is 0 Å². The van der Waals surface area contributed by atoms with Gasteiger partial charge < -0.3 is 15.6 Å². The summed E-state index contributed by atoms with van der Waals surface area (Å²) in [6, 6.07) is 15.9. The Hall–Kier alpha value is -2.55. The van der Waals surface area contributed by atoms with Crippen LogP contribution in [0.1, 0.15) is 11.1 Å². The van der Waals surface area contributed by atoms with E-state index < -0.39 is 5.97 Å². The number of carbonyl (C=O) groups is 1. The van der Waals surface area contributed by atoms with Crippen LogP contribution >= 0.6 is 0 Å². The van der Waals surface area contributed by atoms with Crippen molar-refractivity contribution in [3.63, 3.8) is 0 Å². The first-order valence-corrected chi connectivity index (χ1v) is 5.51. The highest BCUT2D eigenvalue weighted by Crippen LogP contribution is 2.20. The van der Waals surface area contributed by atoms with Crippen LogP contribution in [0.25, 0.3) is 11.6 Å². The van der Waals surface area contributed by atoms with Crippen LogP contribution in [0.15, 0.2) is 54.6 Å². The number of carbonyl (C=O) groups excluding carboxylic acids is 1. The second-order valence-corrected chi connectivity index (χ2v) is 3.84. The Morgan fingerprint density at radius 1 is 1.00 bits per heavy atom. The minimum absolute atomic E-state index is 0.119. The summed E-state index contributed by atoms with van der Waals surface area (Å²) in [6.07, 6.45) is 1.53. The average Bonchev–Trinajstić information content (AvgIpc) is 2.38. The van der Waals surface area contributed by atoms with Gasteiger partial charge in [-0.3, -0.25) is 0 Å². The van der Waals surface area contributed by atoms with Gasteiger partial charge in [-0.2, -0.15) is 0 Å². The molecule has 0 radical (unpaired) electrons. The summed E-state index contributed by atoms with van der Waals surface area (Å²) in [5.41, 5.74) is 7.71. The van der Waals surface area contributed by atoms with Crippen molar-refractivity contribution in [1.82, 2.24) is 0 Å². The molecule has 3 heteroatoms. The number of nitrogens with two attached hydrogens (primary N) is 1. The first-order chi connectivity index (χ1) is 8.68. The van der Waals surface area contributed by atoms with Crippen LogP contribution in [-0.4, -0.2) is 5.97 Å². The van der Waals surface area contributed by atoms with Crippen molar-refractivity contribution in [1.29, 1.82) is 0 Å². The summed E-state index contributed by atoms with van der Waals surface area (Å²) in [5, 5.41) is 11.2. The number of benzene rings is 2. The van der Waals surface area contributed by atoms with E-state index in [2.05, 4.69) is 0 Å². The lowest BCUT2D eigenvalue weighted by molar-refractivity contribution is -0.295. The van der Waals surface area contributed by atoms with Crippen molar-refractivity contribution in [3.05, 3.63) is 65.7 Å². The number of nitrogen functional groups attached to an aromatic ring is 1. The normalized spacial score (nSPS) is 11.2. The molecular formula is C15H12NO2-. The number of carboxylic acid groups (broad SMARTS) is 1. The zero-order valence-corrected chi connectivity index (χ0v) is 9.67. The van der Waals surface area contributed by atoms with E-state index in [1.807, 2.05) is 6.07 Å². The van der Waals surface area contributed by atoms with Gasteiger partial charge in [0.2, 0.25) is 0 Å². The second kappa shape index (κ2) is 5.19. The molecule has 0 saturated heterocycles. The lowest BCUT2D eigenvalue weighted by atomic mass is 10.0. The summed E-state index contributed by atoms with van der Waals surface area (Å²) in [4.78, 5) is 11.2. The lowest BCUT2D eigenvalue weighted by Crippen LogP contribution is -2.23. The van der Waals surface area contributed by atoms with Gasteiger partial charge in [-0.15, -0.1) is 0 Å². The van der Waals surface area contributed by atoms with Crippen LogP contribution in [0.4, 0.5) is 5.69 Å². The Kier molecular flexibility index (Phi) is 3.44. The number of hydrogen-bond donors (Lipinski definition) is 1. The third-order valence-corrected chi connectivity index (χ3v) is 2.60. The highest BCUT2D eigenvalue weighted by Gasteiger charge is 2.03. The number of rotatable bonds is 3. The maximum absolute atomic E-state index is 11.2. The standard InChI is InChI=1S/C15H13NO2/c16-14-9-5-4-8-12(14)10-13(15(17)18)11-6-2-1-3-7-11/h1-10H,16H2,(H,17,18)/p-1/b13-10+. The molecule has 0 fully saturated rings. The summed E-state index contributed by atoms with van der Waals surface area (Å²) >= 11 is 0. The monoisotopic (exact) mass is 238 g/mol. The number of aliphatic carboxylic acids is 1. The third kappa shape index (κ3) is 2.58. The topological polar surface area (TPSA) is 66.2 Å². The van der Waals surface area contributed by atoms with Crippen molar-refractivity contribution in [3.8, 4) is 0 Å². The maximum Gasteiger partial charge on any atom is 0.0721 e. The van der Waals surface area contributed by atoms with Crippen LogP contribution in [-0.2, 0) is 4.79 Å². The molecule has 0 aromatic heterocycles. The van der Waals surface area contributed by atoms with E-state index in [-0.39, 0.29) is 5.57 Å². The molecule has 3 nitrogen and oxygen atoms in total. The van der Waals surface area contributed by atoms with E-state index in [1.54, 1.807) is 48.5 Å². The smallest absolute Gasteiger partial charge is 0.0721 e. The van der Waals surface area contributed by atoms with Gasteiger partial charge in [-0.05, 0) is 23.3 Å². The molecule has 0 aliphatic carbocycles. The van der Waals surface area contributed by atoms with E-state index in [1.165, 1.54) is 6.08 Å². The first kappa shape index (κ1) is 11.9. The molecule has 2 rings (SSSR count). The SMILES string of the molecule is Nc1ccccc1/C=C(/C(=O)[O-])c1ccccc1. The minimum atomic E-state index is -1.22. The molecule has 0 unspecified atom stereocenters. The minimum Gasteiger partial charge on any atom is -0.545 e. The summed E-state index contributed by atoms with van der Waals surface area (Å²) in [7, 11) is 0. The van der Waals surface area contributed by atoms with Gasteiger partial charge in [0.1, 0.15) is 0 Å². The largest absolute Gasteiger partial charge is 0.545 e. The molecule has 90 valence electrons. The van der Waals surface area contributed by atoms with Gasteiger partial charge in [-0.25, -0.2) is 0 Å². The van der Waals surface area contributed by atoms with Crippen LogP contribution in [0.3, 0.4) is 0 Å². The molecule has 0 atom stereocenters.